The minimum Gasteiger partial charge on any atom is -0.497 e. The monoisotopic (exact) mass is 528 g/mol. The molecule has 0 fully saturated rings. The molecule has 4 aromatic rings. The van der Waals surface area contributed by atoms with Crippen LogP contribution < -0.4 is 14.8 Å². The van der Waals surface area contributed by atoms with E-state index in [0.717, 1.165) is 0 Å². The average molecular weight is 529 g/mol. The Bertz CT molecular complexity index is 1420. The summed E-state index contributed by atoms with van der Waals surface area (Å²) in [5.41, 5.74) is 2.19. The van der Waals surface area contributed by atoms with Crippen LogP contribution in [0.2, 0.25) is 5.02 Å². The van der Waals surface area contributed by atoms with Crippen molar-refractivity contribution < 1.29 is 34.0 Å². The number of methoxy groups -OCH3 is 1. The smallest absolute Gasteiger partial charge is 0.191 e. The molecule has 0 aliphatic carbocycles. The third-order valence-corrected chi connectivity index (χ3v) is 6.15. The van der Waals surface area contributed by atoms with Gasteiger partial charge >= 0.3 is 0 Å². The van der Waals surface area contributed by atoms with Crippen molar-refractivity contribution in [3.05, 3.63) is 87.8 Å². The summed E-state index contributed by atoms with van der Waals surface area (Å²) in [6.45, 7) is -0.958. The third-order valence-electron chi connectivity index (χ3n) is 5.92. The first-order valence-corrected chi connectivity index (χ1v) is 11.8. The normalized spacial score (nSPS) is 11.9. The van der Waals surface area contributed by atoms with E-state index in [1.165, 1.54) is 25.4 Å². The zero-order valence-electron chi connectivity index (χ0n) is 19.9. The van der Waals surface area contributed by atoms with Gasteiger partial charge in [-0.15, -0.1) is 0 Å². The number of aliphatic hydroxyl groups excluding tert-OH is 3. The van der Waals surface area contributed by atoms with E-state index in [-0.39, 0.29) is 30.9 Å². The highest BCUT2D eigenvalue weighted by Gasteiger charge is 2.27. The van der Waals surface area contributed by atoms with E-state index in [1.807, 2.05) is 0 Å². The second kappa shape index (κ2) is 11.6. The van der Waals surface area contributed by atoms with Gasteiger partial charge < -0.3 is 35.1 Å². The summed E-state index contributed by atoms with van der Waals surface area (Å²) < 4.78 is 25.4. The minimum atomic E-state index is -1.02. The number of Topliss-reactive ketones (excluding diaryl/α,β-unsaturated/α-hetero) is 1. The standard InChI is InChI=1S/C27H26ClFN2O6/c1-36-19-8-18(9-20(10-19)37-5-4-32)31-26(21-3-2-17(28)6-15(21)13-33)27(35)23-12-30-25-7-16(14-34)24(29)11-22(23)25/h2-3,6-12,26,30-34H,4-5,13-14H2,1H3. The van der Waals surface area contributed by atoms with Gasteiger partial charge in [0.25, 0.3) is 0 Å². The quantitative estimate of drug-likeness (QED) is 0.183. The number of benzene rings is 3. The molecule has 10 heteroatoms. The molecule has 1 atom stereocenters. The number of H-pyrrole nitrogens is 1. The maximum Gasteiger partial charge on any atom is 0.191 e. The molecule has 1 unspecified atom stereocenters. The van der Waals surface area contributed by atoms with Gasteiger partial charge in [-0.1, -0.05) is 17.7 Å². The number of aromatic amines is 1. The van der Waals surface area contributed by atoms with Crippen LogP contribution in [0.25, 0.3) is 10.9 Å². The Balaban J connectivity index is 1.82. The number of hydrogen-bond acceptors (Lipinski definition) is 7. The van der Waals surface area contributed by atoms with E-state index in [2.05, 4.69) is 10.3 Å². The lowest BCUT2D eigenvalue weighted by atomic mass is 9.93. The van der Waals surface area contributed by atoms with Gasteiger partial charge in [-0.25, -0.2) is 4.39 Å². The second-order valence-electron chi connectivity index (χ2n) is 8.26. The predicted octanol–water partition coefficient (Wildman–Crippen LogP) is 4.36. The highest BCUT2D eigenvalue weighted by molar-refractivity contribution is 6.30. The molecule has 3 aromatic carbocycles. The molecule has 0 saturated carbocycles. The first-order chi connectivity index (χ1) is 17.9. The summed E-state index contributed by atoms with van der Waals surface area (Å²) in [5, 5.41) is 32.5. The van der Waals surface area contributed by atoms with Gasteiger partial charge in [0.15, 0.2) is 5.78 Å². The summed E-state index contributed by atoms with van der Waals surface area (Å²) in [6.07, 6.45) is 1.48. The molecule has 0 amide bonds. The van der Waals surface area contributed by atoms with E-state index in [0.29, 0.717) is 44.2 Å². The fraction of sp³-hybridized carbons (Fsp3) is 0.222. The number of aliphatic hydroxyl groups is 3. The molecule has 194 valence electrons. The number of rotatable bonds is 11. The minimum absolute atomic E-state index is 0.0670. The number of carbonyl (C=O) groups excluding carboxylic acids is 1. The Morgan fingerprint density at radius 2 is 1.81 bits per heavy atom. The molecular formula is C27H26ClFN2O6. The van der Waals surface area contributed by atoms with Crippen LogP contribution in [0, 0.1) is 5.82 Å². The van der Waals surface area contributed by atoms with Crippen LogP contribution in [0.3, 0.4) is 0 Å². The van der Waals surface area contributed by atoms with Gasteiger partial charge in [0, 0.05) is 57.1 Å². The molecule has 0 saturated heterocycles. The predicted molar refractivity (Wildman–Crippen MR) is 138 cm³/mol. The number of aromatic nitrogens is 1. The lowest BCUT2D eigenvalue weighted by Crippen LogP contribution is -2.23. The Morgan fingerprint density at radius 3 is 2.51 bits per heavy atom. The molecule has 5 N–H and O–H groups in total. The zero-order valence-corrected chi connectivity index (χ0v) is 20.7. The van der Waals surface area contributed by atoms with Gasteiger partial charge in [0.2, 0.25) is 0 Å². The zero-order chi connectivity index (χ0) is 26.5. The van der Waals surface area contributed by atoms with E-state index in [1.54, 1.807) is 36.4 Å². The van der Waals surface area contributed by atoms with Crippen molar-refractivity contribution in [1.82, 2.24) is 4.98 Å². The first kappa shape index (κ1) is 26.4. The van der Waals surface area contributed by atoms with Gasteiger partial charge in [-0.3, -0.25) is 4.79 Å². The van der Waals surface area contributed by atoms with E-state index in [9.17, 15) is 19.4 Å². The molecule has 37 heavy (non-hydrogen) atoms. The van der Waals surface area contributed by atoms with Gasteiger partial charge in [0.05, 0.1) is 26.9 Å². The van der Waals surface area contributed by atoms with Crippen LogP contribution in [0.4, 0.5) is 10.1 Å². The number of anilines is 1. The van der Waals surface area contributed by atoms with Crippen molar-refractivity contribution in [2.75, 3.05) is 25.6 Å². The van der Waals surface area contributed by atoms with Crippen molar-refractivity contribution >= 4 is 34.0 Å². The number of ketones is 1. The molecule has 1 heterocycles. The fourth-order valence-corrected chi connectivity index (χ4v) is 4.33. The highest BCUT2D eigenvalue weighted by Crippen LogP contribution is 2.34. The highest BCUT2D eigenvalue weighted by atomic mass is 35.5. The number of ether oxygens (including phenoxy) is 2. The van der Waals surface area contributed by atoms with Crippen LogP contribution in [-0.4, -0.2) is 46.4 Å². The summed E-state index contributed by atoms with van der Waals surface area (Å²) in [5.74, 6) is -0.172. The van der Waals surface area contributed by atoms with Crippen LogP contribution in [0.1, 0.15) is 33.1 Å². The van der Waals surface area contributed by atoms with Crippen molar-refractivity contribution in [3.63, 3.8) is 0 Å². The number of nitrogens with one attached hydrogen (secondary N) is 2. The molecular weight excluding hydrogens is 503 g/mol. The fourth-order valence-electron chi connectivity index (χ4n) is 4.13. The lowest BCUT2D eigenvalue weighted by molar-refractivity contribution is 0.0970. The average Bonchev–Trinajstić information content (AvgIpc) is 3.32. The van der Waals surface area contributed by atoms with E-state index < -0.39 is 24.2 Å². The van der Waals surface area contributed by atoms with E-state index >= 15 is 0 Å². The Labute approximate surface area is 217 Å². The largest absolute Gasteiger partial charge is 0.497 e. The first-order valence-electron chi connectivity index (χ1n) is 11.4. The van der Waals surface area contributed by atoms with Crippen molar-refractivity contribution in [2.45, 2.75) is 19.3 Å². The Morgan fingerprint density at radius 1 is 1.05 bits per heavy atom. The van der Waals surface area contributed by atoms with Gasteiger partial charge in [-0.05, 0) is 35.4 Å². The van der Waals surface area contributed by atoms with Gasteiger partial charge in [-0.2, -0.15) is 0 Å². The topological polar surface area (TPSA) is 124 Å². The SMILES string of the molecule is COc1cc(NC(C(=O)c2c[nH]c3cc(CO)c(F)cc23)c2ccc(Cl)cc2CO)cc(OCCO)c1. The molecule has 0 spiro atoms. The lowest BCUT2D eigenvalue weighted by Gasteiger charge is -2.22. The summed E-state index contributed by atoms with van der Waals surface area (Å²) >= 11 is 6.14. The summed E-state index contributed by atoms with van der Waals surface area (Å²) in [6, 6.07) is 11.4. The molecule has 1 aromatic heterocycles. The molecule has 0 aliphatic rings. The van der Waals surface area contributed by atoms with Crippen molar-refractivity contribution in [1.29, 1.82) is 0 Å². The molecule has 0 aliphatic heterocycles. The summed E-state index contributed by atoms with van der Waals surface area (Å²) in [7, 11) is 1.49. The summed E-state index contributed by atoms with van der Waals surface area (Å²) in [4.78, 5) is 17.0. The molecule has 0 radical (unpaired) electrons. The van der Waals surface area contributed by atoms with Gasteiger partial charge in [0.1, 0.15) is 30.0 Å². The third kappa shape index (κ3) is 5.70. The molecule has 4 rings (SSSR count). The Hall–Kier alpha value is -3.63. The van der Waals surface area contributed by atoms with Crippen molar-refractivity contribution in [3.8, 4) is 11.5 Å². The number of fused-ring (bicyclic) bond motifs is 1. The molecule has 8 nitrogen and oxygen atoms in total. The number of carbonyl (C=O) groups is 1. The molecule has 0 bridgehead atoms. The van der Waals surface area contributed by atoms with Crippen LogP contribution in [0.15, 0.2) is 54.7 Å². The maximum absolute atomic E-state index is 14.5. The van der Waals surface area contributed by atoms with Crippen LogP contribution >= 0.6 is 11.6 Å². The number of hydrogen-bond donors (Lipinski definition) is 5. The van der Waals surface area contributed by atoms with E-state index in [4.69, 9.17) is 26.2 Å². The van der Waals surface area contributed by atoms with Crippen molar-refractivity contribution in [2.24, 2.45) is 0 Å². The second-order valence-corrected chi connectivity index (χ2v) is 8.70. The number of halogens is 2. The van der Waals surface area contributed by atoms with Crippen LogP contribution in [0.5, 0.6) is 11.5 Å². The maximum atomic E-state index is 14.5. The Kier molecular flexibility index (Phi) is 8.30. The van der Waals surface area contributed by atoms with Crippen LogP contribution in [-0.2, 0) is 13.2 Å².